The van der Waals surface area contributed by atoms with E-state index in [1.54, 1.807) is 33.6 Å². The highest BCUT2D eigenvalue weighted by Gasteiger charge is 2.31. The predicted octanol–water partition coefficient (Wildman–Crippen LogP) is 3.09. The summed E-state index contributed by atoms with van der Waals surface area (Å²) in [7, 11) is 4.88. The summed E-state index contributed by atoms with van der Waals surface area (Å²) in [5.74, 6) is 2.00. The number of hydrogen-bond donors (Lipinski definition) is 1. The molecule has 2 aromatic rings. The number of rotatable bonds is 6. The fourth-order valence-electron chi connectivity index (χ4n) is 3.30. The Hall–Kier alpha value is -2.95. The van der Waals surface area contributed by atoms with Crippen molar-refractivity contribution in [3.8, 4) is 17.2 Å². The summed E-state index contributed by atoms with van der Waals surface area (Å²) in [6.07, 6.45) is 3.97. The van der Waals surface area contributed by atoms with Gasteiger partial charge in [0, 0.05) is 18.3 Å². The van der Waals surface area contributed by atoms with Crippen molar-refractivity contribution in [1.29, 1.82) is 0 Å². The van der Waals surface area contributed by atoms with Gasteiger partial charge in [0.2, 0.25) is 0 Å². The van der Waals surface area contributed by atoms with E-state index in [2.05, 4.69) is 5.32 Å². The fraction of sp³-hybridized carbons (Fsp3) is 0.286. The molecule has 0 unspecified atom stereocenters. The molecule has 0 saturated carbocycles. The van der Waals surface area contributed by atoms with E-state index in [1.165, 1.54) is 0 Å². The molecule has 0 radical (unpaired) electrons. The first kappa shape index (κ1) is 17.9. The Morgan fingerprint density at radius 1 is 0.923 bits per heavy atom. The third-order valence-corrected chi connectivity index (χ3v) is 4.59. The van der Waals surface area contributed by atoms with E-state index >= 15 is 0 Å². The van der Waals surface area contributed by atoms with Crippen molar-refractivity contribution >= 4 is 5.78 Å². The Bertz CT molecular complexity index is 793. The first-order chi connectivity index (χ1) is 12.6. The molecule has 0 saturated heterocycles. The van der Waals surface area contributed by atoms with E-state index in [1.807, 2.05) is 42.5 Å². The lowest BCUT2D eigenvalue weighted by atomic mass is 9.82. The van der Waals surface area contributed by atoms with Crippen LogP contribution in [-0.4, -0.2) is 33.2 Å². The van der Waals surface area contributed by atoms with Crippen molar-refractivity contribution in [2.24, 2.45) is 0 Å². The maximum Gasteiger partial charge on any atom is 0.166 e. The summed E-state index contributed by atoms with van der Waals surface area (Å²) in [6.45, 7) is 0. The van der Waals surface area contributed by atoms with Gasteiger partial charge in [0.15, 0.2) is 5.78 Å². The van der Waals surface area contributed by atoms with Gasteiger partial charge in [0.1, 0.15) is 17.2 Å². The van der Waals surface area contributed by atoms with E-state index in [9.17, 15) is 4.79 Å². The van der Waals surface area contributed by atoms with Gasteiger partial charge in [0.05, 0.1) is 27.2 Å². The number of allylic oxidation sites excluding steroid dienone is 1. The molecule has 5 heteroatoms. The number of benzene rings is 2. The second-order valence-electron chi connectivity index (χ2n) is 6.19. The van der Waals surface area contributed by atoms with Crippen molar-refractivity contribution in [2.75, 3.05) is 21.3 Å². The molecule has 0 fully saturated rings. The maximum atomic E-state index is 12.6. The van der Waals surface area contributed by atoms with Crippen LogP contribution < -0.4 is 19.5 Å². The van der Waals surface area contributed by atoms with Crippen LogP contribution in [0.2, 0.25) is 0 Å². The third kappa shape index (κ3) is 3.82. The Morgan fingerprint density at radius 3 is 2.27 bits per heavy atom. The van der Waals surface area contributed by atoms with Crippen molar-refractivity contribution in [1.82, 2.24) is 5.32 Å². The van der Waals surface area contributed by atoms with Gasteiger partial charge in [-0.15, -0.1) is 0 Å². The average molecular weight is 353 g/mol. The number of ketones is 1. The molecule has 5 nitrogen and oxygen atoms in total. The quantitative estimate of drug-likeness (QED) is 0.865. The summed E-state index contributed by atoms with van der Waals surface area (Å²) < 4.78 is 16.0. The van der Waals surface area contributed by atoms with E-state index in [0.29, 0.717) is 6.42 Å². The molecule has 136 valence electrons. The van der Waals surface area contributed by atoms with Crippen molar-refractivity contribution in [3.63, 3.8) is 0 Å². The van der Waals surface area contributed by atoms with E-state index in [4.69, 9.17) is 14.2 Å². The monoisotopic (exact) mass is 353 g/mol. The lowest BCUT2D eigenvalue weighted by molar-refractivity contribution is -0.117. The highest BCUT2D eigenvalue weighted by molar-refractivity contribution is 5.97. The Kier molecular flexibility index (Phi) is 5.46. The molecule has 0 aliphatic carbocycles. The molecule has 0 aromatic heterocycles. The zero-order valence-corrected chi connectivity index (χ0v) is 15.2. The van der Waals surface area contributed by atoms with Gasteiger partial charge < -0.3 is 19.5 Å². The summed E-state index contributed by atoms with van der Waals surface area (Å²) in [5.41, 5.74) is 1.97. The Morgan fingerprint density at radius 2 is 1.62 bits per heavy atom. The molecule has 0 bridgehead atoms. The molecule has 2 atom stereocenters. The third-order valence-electron chi connectivity index (χ3n) is 4.59. The van der Waals surface area contributed by atoms with E-state index < -0.39 is 0 Å². The van der Waals surface area contributed by atoms with Gasteiger partial charge in [0.25, 0.3) is 0 Å². The highest BCUT2D eigenvalue weighted by atomic mass is 16.5. The smallest absolute Gasteiger partial charge is 0.166 e. The lowest BCUT2D eigenvalue weighted by Crippen LogP contribution is -2.40. The summed E-state index contributed by atoms with van der Waals surface area (Å²) in [5, 5.41) is 3.34. The maximum absolute atomic E-state index is 12.6. The van der Waals surface area contributed by atoms with Crippen LogP contribution >= 0.6 is 0 Å². The summed E-state index contributed by atoms with van der Waals surface area (Å²) in [6, 6.07) is 13.4. The fourth-order valence-corrected chi connectivity index (χ4v) is 3.30. The van der Waals surface area contributed by atoms with E-state index in [-0.39, 0.29) is 17.7 Å². The molecule has 1 aliphatic rings. The highest BCUT2D eigenvalue weighted by Crippen LogP contribution is 2.30. The van der Waals surface area contributed by atoms with Crippen LogP contribution in [0.15, 0.2) is 54.7 Å². The molecule has 1 N–H and O–H groups in total. The zero-order valence-electron chi connectivity index (χ0n) is 15.2. The Balaban J connectivity index is 1.92. The molecule has 0 spiro atoms. The van der Waals surface area contributed by atoms with E-state index in [0.717, 1.165) is 28.4 Å². The van der Waals surface area contributed by atoms with Crippen LogP contribution in [0.3, 0.4) is 0 Å². The zero-order chi connectivity index (χ0) is 18.5. The molecular formula is C21H23NO4. The number of carbonyl (C=O) groups excluding carboxylic acids is 1. The van der Waals surface area contributed by atoms with Crippen LogP contribution in [0.25, 0.3) is 0 Å². The topological polar surface area (TPSA) is 56.8 Å². The average Bonchev–Trinajstić information content (AvgIpc) is 2.67. The van der Waals surface area contributed by atoms with Crippen LogP contribution in [0.1, 0.15) is 17.0 Å². The minimum atomic E-state index is -0.285. The lowest BCUT2D eigenvalue weighted by Gasteiger charge is -2.29. The minimum Gasteiger partial charge on any atom is -0.497 e. The predicted molar refractivity (Wildman–Crippen MR) is 100 cm³/mol. The second-order valence-corrected chi connectivity index (χ2v) is 6.19. The number of ether oxygens (including phenoxy) is 3. The molecule has 1 aliphatic heterocycles. The van der Waals surface area contributed by atoms with Crippen LogP contribution in [0.4, 0.5) is 0 Å². The summed E-state index contributed by atoms with van der Waals surface area (Å²) >= 11 is 0. The van der Waals surface area contributed by atoms with Gasteiger partial charge in [-0.1, -0.05) is 12.1 Å². The number of methoxy groups -OCH3 is 3. The van der Waals surface area contributed by atoms with Crippen molar-refractivity contribution in [3.05, 3.63) is 65.9 Å². The molecule has 1 heterocycles. The van der Waals surface area contributed by atoms with Crippen LogP contribution in [0.5, 0.6) is 17.2 Å². The largest absolute Gasteiger partial charge is 0.497 e. The van der Waals surface area contributed by atoms with Gasteiger partial charge in [-0.05, 0) is 47.9 Å². The number of hydrogen-bond acceptors (Lipinski definition) is 5. The van der Waals surface area contributed by atoms with Gasteiger partial charge in [-0.25, -0.2) is 0 Å². The van der Waals surface area contributed by atoms with Crippen LogP contribution in [-0.2, 0) is 11.2 Å². The van der Waals surface area contributed by atoms with Gasteiger partial charge >= 0.3 is 0 Å². The summed E-state index contributed by atoms with van der Waals surface area (Å²) in [4.78, 5) is 12.6. The SMILES string of the molecule is COc1cc(C[C@@H]2NC=CC(=O)[C@H]2c2cccc(OC)c2)cc(OC)c1. The molecule has 26 heavy (non-hydrogen) atoms. The number of nitrogens with one attached hydrogen (secondary N) is 1. The molecule has 3 rings (SSSR count). The first-order valence-electron chi connectivity index (χ1n) is 8.47. The van der Waals surface area contributed by atoms with Gasteiger partial charge in [-0.2, -0.15) is 0 Å². The standard InChI is InChI=1S/C21H23NO4/c1-24-16-6-4-5-15(12-16)21-19(22-8-7-20(21)23)11-14-9-17(25-2)13-18(10-14)26-3/h4-10,12-13,19,21-22H,11H2,1-3H3/t19-,21-/m0/s1. The molecule has 0 amide bonds. The number of carbonyl (C=O) groups is 1. The van der Waals surface area contributed by atoms with Crippen molar-refractivity contribution < 1.29 is 19.0 Å². The van der Waals surface area contributed by atoms with Crippen molar-refractivity contribution in [2.45, 2.75) is 18.4 Å². The van der Waals surface area contributed by atoms with Gasteiger partial charge in [-0.3, -0.25) is 4.79 Å². The molecule has 2 aromatic carbocycles. The van der Waals surface area contributed by atoms with Crippen LogP contribution in [0, 0.1) is 0 Å². The normalized spacial score (nSPS) is 19.0. The molecular weight excluding hydrogens is 330 g/mol. The minimum absolute atomic E-state index is 0.0728. The first-order valence-corrected chi connectivity index (χ1v) is 8.47. The Labute approximate surface area is 153 Å². The second kappa shape index (κ2) is 7.95.